The zero-order valence-corrected chi connectivity index (χ0v) is 11.7. The Morgan fingerprint density at radius 1 is 1.35 bits per heavy atom. The molecule has 0 aliphatic carbocycles. The van der Waals surface area contributed by atoms with Crippen LogP contribution < -0.4 is 5.32 Å². The smallest absolute Gasteiger partial charge is 0.240 e. The summed E-state index contributed by atoms with van der Waals surface area (Å²) in [5, 5.41) is 3.32. The van der Waals surface area contributed by atoms with Gasteiger partial charge < -0.3 is 9.64 Å². The molecule has 1 rings (SSSR count). The predicted molar refractivity (Wildman–Crippen MR) is 68.6 cm³/mol. The van der Waals surface area contributed by atoms with Crippen LogP contribution in [0.4, 0.5) is 0 Å². The molecule has 4 nitrogen and oxygen atoms in total. The van der Waals surface area contributed by atoms with Gasteiger partial charge in [0.15, 0.2) is 0 Å². The maximum atomic E-state index is 12.0. The number of carbonyl (C=O) groups is 1. The minimum Gasteiger partial charge on any atom is -0.379 e. The average molecular weight is 242 g/mol. The largest absolute Gasteiger partial charge is 0.379 e. The molecule has 4 heteroatoms. The van der Waals surface area contributed by atoms with E-state index in [9.17, 15) is 4.79 Å². The highest BCUT2D eigenvalue weighted by Crippen LogP contribution is 2.16. The molecule has 0 bridgehead atoms. The van der Waals surface area contributed by atoms with Crippen LogP contribution in [0.15, 0.2) is 0 Å². The third-order valence-corrected chi connectivity index (χ3v) is 2.97. The van der Waals surface area contributed by atoms with E-state index in [0.717, 1.165) is 6.61 Å². The van der Waals surface area contributed by atoms with E-state index in [-0.39, 0.29) is 18.1 Å². The molecule has 0 aromatic heterocycles. The Kier molecular flexibility index (Phi) is 5.40. The number of hydrogen-bond acceptors (Lipinski definition) is 3. The minimum atomic E-state index is -0.0625. The monoisotopic (exact) mass is 242 g/mol. The Morgan fingerprint density at radius 3 is 2.53 bits per heavy atom. The summed E-state index contributed by atoms with van der Waals surface area (Å²) < 4.78 is 5.55. The fourth-order valence-corrected chi connectivity index (χ4v) is 2.09. The van der Waals surface area contributed by atoms with Crippen LogP contribution in [0, 0.1) is 11.8 Å². The molecule has 1 heterocycles. The minimum absolute atomic E-state index is 0.0625. The van der Waals surface area contributed by atoms with E-state index < -0.39 is 0 Å². The summed E-state index contributed by atoms with van der Waals surface area (Å²) in [6, 6.07) is -0.0625. The lowest BCUT2D eigenvalue weighted by Crippen LogP contribution is -2.43. The molecule has 2 unspecified atom stereocenters. The van der Waals surface area contributed by atoms with Crippen LogP contribution in [0.3, 0.4) is 0 Å². The summed E-state index contributed by atoms with van der Waals surface area (Å²) in [4.78, 5) is 13.9. The van der Waals surface area contributed by atoms with E-state index in [1.807, 2.05) is 11.8 Å². The van der Waals surface area contributed by atoms with Gasteiger partial charge in [0.25, 0.3) is 0 Å². The van der Waals surface area contributed by atoms with Crippen molar-refractivity contribution in [1.82, 2.24) is 10.2 Å². The summed E-state index contributed by atoms with van der Waals surface area (Å²) in [6.07, 6.45) is 0.153. The molecule has 0 saturated carbocycles. The molecule has 1 aliphatic rings. The number of nitrogens with zero attached hydrogens (tertiary/aromatic N) is 1. The molecule has 0 aromatic rings. The number of rotatable bonds is 6. The van der Waals surface area contributed by atoms with Gasteiger partial charge in [-0.2, -0.15) is 0 Å². The highest BCUT2D eigenvalue weighted by atomic mass is 16.5. The molecular formula is C13H26N2O2. The van der Waals surface area contributed by atoms with Crippen LogP contribution in [-0.2, 0) is 9.53 Å². The summed E-state index contributed by atoms with van der Waals surface area (Å²) in [7, 11) is 0. The van der Waals surface area contributed by atoms with Crippen molar-refractivity contribution in [3.63, 3.8) is 0 Å². The Hall–Kier alpha value is -0.610. The number of nitrogens with one attached hydrogen (secondary N) is 1. The van der Waals surface area contributed by atoms with E-state index in [4.69, 9.17) is 4.74 Å². The molecule has 2 atom stereocenters. The van der Waals surface area contributed by atoms with Crippen molar-refractivity contribution < 1.29 is 9.53 Å². The first-order valence-corrected chi connectivity index (χ1v) is 6.57. The first-order chi connectivity index (χ1) is 7.93. The van der Waals surface area contributed by atoms with Crippen molar-refractivity contribution in [2.75, 3.05) is 19.8 Å². The van der Waals surface area contributed by atoms with Crippen LogP contribution >= 0.6 is 0 Å². The lowest BCUT2D eigenvalue weighted by Gasteiger charge is -2.27. The van der Waals surface area contributed by atoms with Gasteiger partial charge in [0, 0.05) is 13.2 Å². The maximum absolute atomic E-state index is 12.0. The van der Waals surface area contributed by atoms with Gasteiger partial charge in [-0.25, -0.2) is 0 Å². The molecule has 1 N–H and O–H groups in total. The summed E-state index contributed by atoms with van der Waals surface area (Å²) in [5.74, 6) is 1.16. The Morgan fingerprint density at radius 2 is 2.00 bits per heavy atom. The van der Waals surface area contributed by atoms with Crippen molar-refractivity contribution in [1.29, 1.82) is 0 Å². The zero-order chi connectivity index (χ0) is 13.0. The van der Waals surface area contributed by atoms with Crippen LogP contribution in [-0.4, -0.2) is 42.8 Å². The molecule has 1 fully saturated rings. The second-order valence-electron chi connectivity index (χ2n) is 5.58. The van der Waals surface area contributed by atoms with Crippen LogP contribution in [0.1, 0.15) is 34.6 Å². The lowest BCUT2D eigenvalue weighted by atomic mass is 10.1. The molecule has 0 spiro atoms. The molecule has 0 aromatic carbocycles. The van der Waals surface area contributed by atoms with Gasteiger partial charge in [-0.1, -0.05) is 27.7 Å². The van der Waals surface area contributed by atoms with Crippen LogP contribution in [0.25, 0.3) is 0 Å². The fourth-order valence-electron chi connectivity index (χ4n) is 2.09. The highest BCUT2D eigenvalue weighted by molar-refractivity contribution is 5.83. The van der Waals surface area contributed by atoms with Crippen molar-refractivity contribution in [3.05, 3.63) is 0 Å². The standard InChI is InChI=1S/C13H26N2O2/c1-9(2)8-17-7-6-15-12(10(3)4)14-11(5)13(15)16/h9-12,14H,6-8H2,1-5H3. The van der Waals surface area contributed by atoms with Crippen LogP contribution in [0.5, 0.6) is 0 Å². The second kappa shape index (κ2) is 6.36. The summed E-state index contributed by atoms with van der Waals surface area (Å²) >= 11 is 0. The van der Waals surface area contributed by atoms with Gasteiger partial charge >= 0.3 is 0 Å². The Labute approximate surface area is 105 Å². The summed E-state index contributed by atoms with van der Waals surface area (Å²) in [5.41, 5.74) is 0. The average Bonchev–Trinajstić information content (AvgIpc) is 2.51. The van der Waals surface area contributed by atoms with Crippen molar-refractivity contribution in [3.8, 4) is 0 Å². The van der Waals surface area contributed by atoms with E-state index >= 15 is 0 Å². The first kappa shape index (κ1) is 14.5. The third-order valence-electron chi connectivity index (χ3n) is 2.97. The number of carbonyl (C=O) groups excluding carboxylic acids is 1. The lowest BCUT2D eigenvalue weighted by molar-refractivity contribution is -0.131. The highest BCUT2D eigenvalue weighted by Gasteiger charge is 2.37. The van der Waals surface area contributed by atoms with Gasteiger partial charge in [-0.05, 0) is 18.8 Å². The maximum Gasteiger partial charge on any atom is 0.240 e. The second-order valence-corrected chi connectivity index (χ2v) is 5.58. The Bertz CT molecular complexity index is 254. The number of hydrogen-bond donors (Lipinski definition) is 1. The van der Waals surface area contributed by atoms with Gasteiger partial charge in [-0.3, -0.25) is 10.1 Å². The number of amides is 1. The normalized spacial score (nSPS) is 25.4. The molecule has 1 saturated heterocycles. The molecule has 0 radical (unpaired) electrons. The quantitative estimate of drug-likeness (QED) is 0.717. The topological polar surface area (TPSA) is 41.6 Å². The van der Waals surface area contributed by atoms with E-state index in [2.05, 4.69) is 33.0 Å². The zero-order valence-electron chi connectivity index (χ0n) is 11.7. The first-order valence-electron chi connectivity index (χ1n) is 6.57. The fraction of sp³-hybridized carbons (Fsp3) is 0.923. The molecule has 1 aliphatic heterocycles. The predicted octanol–water partition coefficient (Wildman–Crippen LogP) is 1.46. The number of ether oxygens (including phenoxy) is 1. The van der Waals surface area contributed by atoms with Gasteiger partial charge in [0.1, 0.15) is 0 Å². The van der Waals surface area contributed by atoms with Crippen LogP contribution in [0.2, 0.25) is 0 Å². The SMILES string of the molecule is CC(C)COCCN1C(=O)C(C)NC1C(C)C. The van der Waals surface area contributed by atoms with Crippen molar-refractivity contribution in [2.45, 2.75) is 46.8 Å². The van der Waals surface area contributed by atoms with E-state index in [0.29, 0.717) is 25.0 Å². The third kappa shape index (κ3) is 3.96. The van der Waals surface area contributed by atoms with Gasteiger partial charge in [-0.15, -0.1) is 0 Å². The van der Waals surface area contributed by atoms with E-state index in [1.165, 1.54) is 0 Å². The Balaban J connectivity index is 2.41. The van der Waals surface area contributed by atoms with Crippen molar-refractivity contribution in [2.24, 2.45) is 11.8 Å². The van der Waals surface area contributed by atoms with E-state index in [1.54, 1.807) is 0 Å². The molecular weight excluding hydrogens is 216 g/mol. The van der Waals surface area contributed by atoms with Gasteiger partial charge in [0.05, 0.1) is 18.8 Å². The van der Waals surface area contributed by atoms with Gasteiger partial charge in [0.2, 0.25) is 5.91 Å². The van der Waals surface area contributed by atoms with Crippen molar-refractivity contribution >= 4 is 5.91 Å². The molecule has 17 heavy (non-hydrogen) atoms. The molecule has 1 amide bonds. The summed E-state index contributed by atoms with van der Waals surface area (Å²) in [6.45, 7) is 12.5. The molecule has 100 valence electrons.